The highest BCUT2D eigenvalue weighted by Gasteiger charge is 2.24. The molecule has 0 spiro atoms. The molecule has 0 bridgehead atoms. The van der Waals surface area contributed by atoms with Gasteiger partial charge in [-0.3, -0.25) is 19.7 Å². The summed E-state index contributed by atoms with van der Waals surface area (Å²) in [5.74, 6) is -0.381. The van der Waals surface area contributed by atoms with Crippen LogP contribution in [0.5, 0.6) is 0 Å². The van der Waals surface area contributed by atoms with Crippen molar-refractivity contribution in [2.24, 2.45) is 11.1 Å². The molecule has 1 aromatic heterocycles. The number of nitrogens with one attached hydrogen (secondary N) is 1. The Balaban J connectivity index is 0.00000312. The van der Waals surface area contributed by atoms with Crippen LogP contribution in [0.25, 0.3) is 10.9 Å². The summed E-state index contributed by atoms with van der Waals surface area (Å²) < 4.78 is 0. The van der Waals surface area contributed by atoms with E-state index in [1.807, 2.05) is 13.8 Å². The van der Waals surface area contributed by atoms with E-state index in [4.69, 9.17) is 5.73 Å². The van der Waals surface area contributed by atoms with Crippen molar-refractivity contribution in [2.75, 3.05) is 20.1 Å². The average Bonchev–Trinajstić information content (AvgIpc) is 2.52. The molecule has 3 N–H and O–H groups in total. The van der Waals surface area contributed by atoms with Crippen LogP contribution in [-0.4, -0.2) is 40.9 Å². The number of aromatic amines is 1. The number of aromatic nitrogens is 1. The number of pyridine rings is 1. The molecule has 1 aromatic carbocycles. The summed E-state index contributed by atoms with van der Waals surface area (Å²) in [4.78, 5) is 39.0. The summed E-state index contributed by atoms with van der Waals surface area (Å²) in [7, 11) is 1.62. The van der Waals surface area contributed by atoms with E-state index < -0.39 is 10.5 Å². The molecule has 0 radical (unpaired) electrons. The second-order valence-electron chi connectivity index (χ2n) is 6.56. The lowest BCUT2D eigenvalue weighted by molar-refractivity contribution is -0.384. The molecule has 25 heavy (non-hydrogen) atoms. The van der Waals surface area contributed by atoms with E-state index >= 15 is 0 Å². The Labute approximate surface area is 150 Å². The number of benzene rings is 1. The molecule has 1 amide bonds. The predicted molar refractivity (Wildman–Crippen MR) is 98.3 cm³/mol. The zero-order valence-electron chi connectivity index (χ0n) is 14.2. The van der Waals surface area contributed by atoms with Gasteiger partial charge in [-0.1, -0.05) is 13.8 Å². The van der Waals surface area contributed by atoms with Gasteiger partial charge in [-0.25, -0.2) is 0 Å². The summed E-state index contributed by atoms with van der Waals surface area (Å²) in [5.41, 5.74) is 5.34. The topological polar surface area (TPSA) is 122 Å². The van der Waals surface area contributed by atoms with Gasteiger partial charge in [0.05, 0.1) is 10.5 Å². The molecule has 2 rings (SSSR count). The van der Waals surface area contributed by atoms with Crippen LogP contribution < -0.4 is 11.3 Å². The standard InChI is InChI=1S/C16H20N4O4.ClH/c1-16(2,8-17)9-19(3)15(22)12-7-14(21)18-13-5-4-10(20(23)24)6-11(12)13;/h4-7H,8-9,17H2,1-3H3,(H,18,21);1H. The van der Waals surface area contributed by atoms with Crippen molar-refractivity contribution in [3.63, 3.8) is 0 Å². The zero-order valence-corrected chi connectivity index (χ0v) is 15.1. The third kappa shape index (κ3) is 4.55. The molecule has 0 fully saturated rings. The zero-order chi connectivity index (χ0) is 18.1. The number of nitrogens with zero attached hydrogens (tertiary/aromatic N) is 2. The number of carbonyl (C=O) groups is 1. The Morgan fingerprint density at radius 3 is 2.56 bits per heavy atom. The number of H-pyrrole nitrogens is 1. The fourth-order valence-electron chi connectivity index (χ4n) is 2.52. The monoisotopic (exact) mass is 368 g/mol. The SMILES string of the molecule is CN(CC(C)(C)CN)C(=O)c1cc(=O)[nH]c2ccc([N+](=O)[O-])cc12.Cl. The van der Waals surface area contributed by atoms with Gasteiger partial charge in [-0.15, -0.1) is 12.4 Å². The Kier molecular flexibility index (Phi) is 6.28. The van der Waals surface area contributed by atoms with E-state index in [9.17, 15) is 19.7 Å². The van der Waals surface area contributed by atoms with Gasteiger partial charge in [-0.2, -0.15) is 0 Å². The van der Waals surface area contributed by atoms with Gasteiger partial charge in [-0.05, 0) is 18.0 Å². The molecule has 0 atom stereocenters. The Morgan fingerprint density at radius 1 is 1.36 bits per heavy atom. The summed E-state index contributed by atoms with van der Waals surface area (Å²) in [6, 6.07) is 5.17. The maximum atomic E-state index is 12.7. The summed E-state index contributed by atoms with van der Waals surface area (Å²) in [6.07, 6.45) is 0. The highest BCUT2D eigenvalue weighted by molar-refractivity contribution is 6.06. The van der Waals surface area contributed by atoms with Crippen molar-refractivity contribution in [2.45, 2.75) is 13.8 Å². The Morgan fingerprint density at radius 2 is 2.00 bits per heavy atom. The molecule has 1 heterocycles. The normalized spacial score (nSPS) is 11.0. The molecule has 0 aliphatic heterocycles. The first kappa shape index (κ1) is 20.6. The summed E-state index contributed by atoms with van der Waals surface area (Å²) in [5, 5.41) is 11.3. The molecule has 2 aromatic rings. The first-order valence-electron chi connectivity index (χ1n) is 7.41. The van der Waals surface area contributed by atoms with Crippen LogP contribution >= 0.6 is 12.4 Å². The first-order chi connectivity index (χ1) is 11.1. The van der Waals surface area contributed by atoms with Crippen molar-refractivity contribution in [3.8, 4) is 0 Å². The van der Waals surface area contributed by atoms with Gasteiger partial charge in [0.1, 0.15) is 0 Å². The number of hydrogen-bond acceptors (Lipinski definition) is 5. The average molecular weight is 369 g/mol. The van der Waals surface area contributed by atoms with Crippen molar-refractivity contribution in [3.05, 3.63) is 50.3 Å². The number of halogens is 1. The van der Waals surface area contributed by atoms with Gasteiger partial charge in [0, 0.05) is 42.7 Å². The number of amides is 1. The third-order valence-corrected chi connectivity index (χ3v) is 3.83. The second kappa shape index (κ2) is 7.62. The molecular formula is C16H21ClN4O4. The Hall–Kier alpha value is -2.45. The summed E-state index contributed by atoms with van der Waals surface area (Å²) in [6.45, 7) is 4.65. The quantitative estimate of drug-likeness (QED) is 0.616. The fraction of sp³-hybridized carbons (Fsp3) is 0.375. The highest BCUT2D eigenvalue weighted by Crippen LogP contribution is 2.23. The molecule has 0 aliphatic carbocycles. The maximum Gasteiger partial charge on any atom is 0.270 e. The van der Waals surface area contributed by atoms with Crippen LogP contribution in [0.1, 0.15) is 24.2 Å². The lowest BCUT2D eigenvalue weighted by atomic mass is 9.93. The van der Waals surface area contributed by atoms with E-state index in [1.165, 1.54) is 29.2 Å². The molecule has 8 nitrogen and oxygen atoms in total. The van der Waals surface area contributed by atoms with Gasteiger partial charge >= 0.3 is 0 Å². The number of non-ortho nitro benzene ring substituents is 1. The highest BCUT2D eigenvalue weighted by atomic mass is 35.5. The molecule has 0 saturated carbocycles. The van der Waals surface area contributed by atoms with E-state index in [2.05, 4.69) is 4.98 Å². The maximum absolute atomic E-state index is 12.7. The smallest absolute Gasteiger partial charge is 0.270 e. The van der Waals surface area contributed by atoms with Crippen molar-refractivity contribution in [1.82, 2.24) is 9.88 Å². The number of hydrogen-bond donors (Lipinski definition) is 2. The molecule has 9 heteroatoms. The largest absolute Gasteiger partial charge is 0.341 e. The van der Waals surface area contributed by atoms with Crippen LogP contribution in [0.4, 0.5) is 5.69 Å². The van der Waals surface area contributed by atoms with Crippen LogP contribution in [0.15, 0.2) is 29.1 Å². The number of nitro groups is 1. The van der Waals surface area contributed by atoms with Gasteiger partial charge in [0.2, 0.25) is 5.56 Å². The van der Waals surface area contributed by atoms with Gasteiger partial charge < -0.3 is 15.6 Å². The first-order valence-corrected chi connectivity index (χ1v) is 7.41. The van der Waals surface area contributed by atoms with Gasteiger partial charge in [0.25, 0.3) is 11.6 Å². The van der Waals surface area contributed by atoms with Crippen LogP contribution in [-0.2, 0) is 0 Å². The minimum atomic E-state index is -0.542. The lowest BCUT2D eigenvalue weighted by Crippen LogP contribution is -2.40. The lowest BCUT2D eigenvalue weighted by Gasteiger charge is -2.29. The van der Waals surface area contributed by atoms with Crippen molar-refractivity contribution >= 4 is 34.9 Å². The minimum absolute atomic E-state index is 0. The molecular weight excluding hydrogens is 348 g/mol. The van der Waals surface area contributed by atoms with Crippen LogP contribution in [0.3, 0.4) is 0 Å². The van der Waals surface area contributed by atoms with Gasteiger partial charge in [0.15, 0.2) is 0 Å². The number of carbonyl (C=O) groups excluding carboxylic acids is 1. The number of rotatable bonds is 5. The number of fused-ring (bicyclic) bond motifs is 1. The Bertz CT molecular complexity index is 863. The molecule has 0 saturated heterocycles. The minimum Gasteiger partial charge on any atom is -0.341 e. The van der Waals surface area contributed by atoms with Crippen LogP contribution in [0, 0.1) is 15.5 Å². The number of nitro benzene ring substituents is 1. The second-order valence-corrected chi connectivity index (χ2v) is 6.56. The molecule has 136 valence electrons. The summed E-state index contributed by atoms with van der Waals surface area (Å²) >= 11 is 0. The van der Waals surface area contributed by atoms with E-state index in [-0.39, 0.29) is 35.0 Å². The molecule has 0 unspecified atom stereocenters. The fourth-order valence-corrected chi connectivity index (χ4v) is 2.52. The van der Waals surface area contributed by atoms with Crippen molar-refractivity contribution < 1.29 is 9.72 Å². The van der Waals surface area contributed by atoms with E-state index in [0.29, 0.717) is 24.0 Å². The molecule has 0 aliphatic rings. The predicted octanol–water partition coefficient (Wildman–Crippen LogP) is 1.91. The van der Waals surface area contributed by atoms with Crippen molar-refractivity contribution in [1.29, 1.82) is 0 Å². The van der Waals surface area contributed by atoms with Crippen LogP contribution in [0.2, 0.25) is 0 Å². The van der Waals surface area contributed by atoms with E-state index in [0.717, 1.165) is 0 Å². The third-order valence-electron chi connectivity index (χ3n) is 3.83. The number of nitrogens with two attached hydrogens (primary N) is 1. The van der Waals surface area contributed by atoms with E-state index in [1.54, 1.807) is 7.05 Å².